The minimum Gasteiger partial charge on any atom is -0.392 e. The van der Waals surface area contributed by atoms with E-state index in [1.807, 2.05) is 0 Å². The second kappa shape index (κ2) is 5.04. The SMILES string of the molecule is NC(=S)C1(C(=O)N2CCCC3CCCC32)CCCC1. The Morgan fingerprint density at radius 3 is 2.47 bits per heavy atom. The van der Waals surface area contributed by atoms with Gasteiger partial charge in [0.2, 0.25) is 5.91 Å². The van der Waals surface area contributed by atoms with E-state index in [9.17, 15) is 4.79 Å². The first-order valence-corrected chi connectivity index (χ1v) is 8.17. The molecule has 19 heavy (non-hydrogen) atoms. The number of fused-ring (bicyclic) bond motifs is 1. The van der Waals surface area contributed by atoms with Gasteiger partial charge in [0, 0.05) is 12.6 Å². The van der Waals surface area contributed by atoms with Gasteiger partial charge in [-0.15, -0.1) is 0 Å². The Balaban J connectivity index is 1.84. The fourth-order valence-corrected chi connectivity index (χ4v) is 4.82. The summed E-state index contributed by atoms with van der Waals surface area (Å²) < 4.78 is 0. The van der Waals surface area contributed by atoms with Crippen molar-refractivity contribution in [2.45, 2.75) is 63.8 Å². The number of thiocarbonyl (C=S) groups is 1. The van der Waals surface area contributed by atoms with Gasteiger partial charge < -0.3 is 10.6 Å². The molecule has 4 heteroatoms. The van der Waals surface area contributed by atoms with Crippen molar-refractivity contribution in [3.05, 3.63) is 0 Å². The molecule has 2 saturated carbocycles. The molecule has 3 nitrogen and oxygen atoms in total. The maximum Gasteiger partial charge on any atom is 0.235 e. The molecule has 3 fully saturated rings. The predicted octanol–water partition coefficient (Wildman–Crippen LogP) is 2.62. The molecule has 1 saturated heterocycles. The van der Waals surface area contributed by atoms with E-state index in [0.717, 1.165) is 44.6 Å². The number of hydrogen-bond acceptors (Lipinski definition) is 2. The summed E-state index contributed by atoms with van der Waals surface area (Å²) in [5.74, 6) is 0.997. The lowest BCUT2D eigenvalue weighted by atomic mass is 9.82. The molecule has 3 aliphatic rings. The summed E-state index contributed by atoms with van der Waals surface area (Å²) in [6.07, 6.45) is 10.1. The van der Waals surface area contributed by atoms with Crippen LogP contribution in [0.15, 0.2) is 0 Å². The van der Waals surface area contributed by atoms with Gasteiger partial charge in [-0.2, -0.15) is 0 Å². The molecule has 1 heterocycles. The molecule has 1 amide bonds. The van der Waals surface area contributed by atoms with Crippen LogP contribution >= 0.6 is 12.2 Å². The minimum absolute atomic E-state index is 0.258. The van der Waals surface area contributed by atoms with Gasteiger partial charge in [-0.1, -0.05) is 31.5 Å². The van der Waals surface area contributed by atoms with Crippen molar-refractivity contribution in [3.8, 4) is 0 Å². The second-order valence-corrected chi connectivity index (χ2v) is 6.99. The molecule has 106 valence electrons. The Bertz CT molecular complexity index is 390. The number of nitrogens with two attached hydrogens (primary N) is 1. The lowest BCUT2D eigenvalue weighted by Gasteiger charge is -2.42. The molecule has 1 aliphatic heterocycles. The smallest absolute Gasteiger partial charge is 0.235 e. The first-order valence-electron chi connectivity index (χ1n) is 7.76. The molecule has 3 rings (SSSR count). The maximum atomic E-state index is 13.1. The zero-order valence-electron chi connectivity index (χ0n) is 11.6. The first kappa shape index (κ1) is 13.3. The molecule has 0 radical (unpaired) electrons. The van der Waals surface area contributed by atoms with Crippen LogP contribution in [-0.4, -0.2) is 28.4 Å². The average Bonchev–Trinajstić information content (AvgIpc) is 3.06. The summed E-state index contributed by atoms with van der Waals surface area (Å²) >= 11 is 5.26. The zero-order chi connectivity index (χ0) is 13.5. The van der Waals surface area contributed by atoms with Gasteiger partial charge in [0.1, 0.15) is 0 Å². The molecule has 2 N–H and O–H groups in total. The number of hydrogen-bond donors (Lipinski definition) is 1. The van der Waals surface area contributed by atoms with Gasteiger partial charge in [-0.25, -0.2) is 0 Å². The number of carbonyl (C=O) groups is 1. The van der Waals surface area contributed by atoms with Crippen LogP contribution in [0.2, 0.25) is 0 Å². The quantitative estimate of drug-likeness (QED) is 0.791. The molecule has 2 aliphatic carbocycles. The van der Waals surface area contributed by atoms with Crippen molar-refractivity contribution >= 4 is 23.1 Å². The summed E-state index contributed by atoms with van der Waals surface area (Å²) in [6.45, 7) is 0.921. The Morgan fingerprint density at radius 2 is 1.79 bits per heavy atom. The number of likely N-dealkylation sites (tertiary alicyclic amines) is 1. The van der Waals surface area contributed by atoms with Gasteiger partial charge in [0.15, 0.2) is 0 Å². The summed E-state index contributed by atoms with van der Waals surface area (Å²) in [4.78, 5) is 15.7. The van der Waals surface area contributed by atoms with Crippen LogP contribution in [0.3, 0.4) is 0 Å². The molecule has 0 spiro atoms. The van der Waals surface area contributed by atoms with Crippen LogP contribution in [0.4, 0.5) is 0 Å². The van der Waals surface area contributed by atoms with Gasteiger partial charge in [-0.05, 0) is 44.4 Å². The molecule has 0 aromatic carbocycles. The fraction of sp³-hybridized carbons (Fsp3) is 0.867. The second-order valence-electron chi connectivity index (χ2n) is 6.55. The molecule has 2 unspecified atom stereocenters. The fourth-order valence-electron chi connectivity index (χ4n) is 4.53. The van der Waals surface area contributed by atoms with E-state index in [1.54, 1.807) is 0 Å². The highest BCUT2D eigenvalue weighted by Crippen LogP contribution is 2.44. The first-order chi connectivity index (χ1) is 9.15. The van der Waals surface area contributed by atoms with Gasteiger partial charge in [-0.3, -0.25) is 4.79 Å². The molecule has 0 bridgehead atoms. The molecule has 2 atom stereocenters. The van der Waals surface area contributed by atoms with E-state index in [1.165, 1.54) is 25.7 Å². The molecule has 0 aromatic rings. The van der Waals surface area contributed by atoms with Crippen molar-refractivity contribution < 1.29 is 4.79 Å². The largest absolute Gasteiger partial charge is 0.392 e. The number of carbonyl (C=O) groups excluding carboxylic acids is 1. The minimum atomic E-state index is -0.500. The van der Waals surface area contributed by atoms with Crippen molar-refractivity contribution in [2.24, 2.45) is 17.1 Å². The zero-order valence-corrected chi connectivity index (χ0v) is 12.4. The maximum absolute atomic E-state index is 13.1. The van der Waals surface area contributed by atoms with Gasteiger partial charge in [0.05, 0.1) is 10.4 Å². The van der Waals surface area contributed by atoms with Crippen molar-refractivity contribution in [1.82, 2.24) is 4.90 Å². The highest BCUT2D eigenvalue weighted by atomic mass is 32.1. The summed E-state index contributed by atoms with van der Waals surface area (Å²) in [5, 5.41) is 0. The van der Waals surface area contributed by atoms with E-state index in [4.69, 9.17) is 18.0 Å². The van der Waals surface area contributed by atoms with Gasteiger partial charge >= 0.3 is 0 Å². The normalized spacial score (nSPS) is 33.2. The van der Waals surface area contributed by atoms with Crippen LogP contribution in [-0.2, 0) is 4.79 Å². The molecular weight excluding hydrogens is 256 g/mol. The van der Waals surface area contributed by atoms with E-state index in [-0.39, 0.29) is 5.91 Å². The average molecular weight is 280 g/mol. The van der Waals surface area contributed by atoms with Crippen LogP contribution < -0.4 is 5.73 Å². The number of amides is 1. The summed E-state index contributed by atoms with van der Waals surface area (Å²) in [5.41, 5.74) is 5.46. The predicted molar refractivity (Wildman–Crippen MR) is 79.8 cm³/mol. The Morgan fingerprint density at radius 1 is 1.11 bits per heavy atom. The van der Waals surface area contributed by atoms with Crippen LogP contribution in [0, 0.1) is 11.3 Å². The van der Waals surface area contributed by atoms with Crippen molar-refractivity contribution in [3.63, 3.8) is 0 Å². The van der Waals surface area contributed by atoms with Gasteiger partial charge in [0.25, 0.3) is 0 Å². The molecule has 0 aromatic heterocycles. The van der Waals surface area contributed by atoms with Crippen molar-refractivity contribution in [2.75, 3.05) is 6.54 Å². The lowest BCUT2D eigenvalue weighted by molar-refractivity contribution is -0.143. The highest BCUT2D eigenvalue weighted by molar-refractivity contribution is 7.80. The topological polar surface area (TPSA) is 46.3 Å². The lowest BCUT2D eigenvalue weighted by Crippen LogP contribution is -2.55. The number of nitrogens with zero attached hydrogens (tertiary/aromatic N) is 1. The van der Waals surface area contributed by atoms with E-state index in [2.05, 4.69) is 4.90 Å². The van der Waals surface area contributed by atoms with Crippen LogP contribution in [0.25, 0.3) is 0 Å². The third-order valence-corrected chi connectivity index (χ3v) is 5.98. The number of rotatable bonds is 2. The van der Waals surface area contributed by atoms with E-state index < -0.39 is 5.41 Å². The summed E-state index contributed by atoms with van der Waals surface area (Å²) in [7, 11) is 0. The highest BCUT2D eigenvalue weighted by Gasteiger charge is 2.49. The molecular formula is C15H24N2OS. The monoisotopic (exact) mass is 280 g/mol. The van der Waals surface area contributed by atoms with Crippen molar-refractivity contribution in [1.29, 1.82) is 0 Å². The van der Waals surface area contributed by atoms with Crippen LogP contribution in [0.5, 0.6) is 0 Å². The van der Waals surface area contributed by atoms with E-state index >= 15 is 0 Å². The third-order valence-electron chi connectivity index (χ3n) is 5.59. The summed E-state index contributed by atoms with van der Waals surface area (Å²) in [6, 6.07) is 0.480. The Labute approximate surface area is 120 Å². The Hall–Kier alpha value is -0.640. The number of piperidine rings is 1. The standard InChI is InChI=1S/C15H24N2OS/c16-13(19)15(8-1-2-9-15)14(18)17-10-4-6-11-5-3-7-12(11)17/h11-12H,1-10H2,(H2,16,19). The van der Waals surface area contributed by atoms with E-state index in [0.29, 0.717) is 11.0 Å². The van der Waals surface area contributed by atoms with Crippen LogP contribution in [0.1, 0.15) is 57.8 Å². The Kier molecular flexibility index (Phi) is 3.54. The third kappa shape index (κ3) is 2.08.